The maximum atomic E-state index is 4.83. The highest BCUT2D eigenvalue weighted by Gasteiger charge is 2.14. The Morgan fingerprint density at radius 1 is 0.652 bits per heavy atom. The molecule has 4 rings (SSSR count). The number of H-pyrrole nitrogens is 1. The predicted molar refractivity (Wildman–Crippen MR) is 92.7 cm³/mol. The summed E-state index contributed by atoms with van der Waals surface area (Å²) in [6, 6.07) is 24.4. The van der Waals surface area contributed by atoms with Crippen LogP contribution in [0.2, 0.25) is 0 Å². The van der Waals surface area contributed by atoms with Gasteiger partial charge < -0.3 is 4.98 Å². The summed E-state index contributed by atoms with van der Waals surface area (Å²) in [6.07, 6.45) is 3.59. The van der Waals surface area contributed by atoms with Gasteiger partial charge in [0.1, 0.15) is 5.82 Å². The van der Waals surface area contributed by atoms with Crippen LogP contribution < -0.4 is 0 Å². The number of pyridine rings is 1. The number of rotatable bonds is 3. The van der Waals surface area contributed by atoms with Crippen LogP contribution in [0.3, 0.4) is 0 Å². The van der Waals surface area contributed by atoms with Crippen LogP contribution in [0.25, 0.3) is 33.9 Å². The van der Waals surface area contributed by atoms with Gasteiger partial charge in [-0.15, -0.1) is 0 Å². The summed E-state index contributed by atoms with van der Waals surface area (Å²) in [5, 5.41) is 0. The lowest BCUT2D eigenvalue weighted by atomic mass is 10.1. The summed E-state index contributed by atoms with van der Waals surface area (Å²) in [6.45, 7) is 0. The van der Waals surface area contributed by atoms with E-state index >= 15 is 0 Å². The molecule has 3 nitrogen and oxygen atoms in total. The van der Waals surface area contributed by atoms with Crippen molar-refractivity contribution in [2.24, 2.45) is 0 Å². The summed E-state index contributed by atoms with van der Waals surface area (Å²) in [7, 11) is 0. The predicted octanol–water partition coefficient (Wildman–Crippen LogP) is 4.81. The fourth-order valence-electron chi connectivity index (χ4n) is 2.63. The minimum Gasteiger partial charge on any atom is -0.337 e. The minimum absolute atomic E-state index is 0.829. The molecule has 0 aliphatic rings. The molecule has 0 radical (unpaired) electrons. The summed E-state index contributed by atoms with van der Waals surface area (Å²) >= 11 is 0. The Labute approximate surface area is 134 Å². The molecular formula is C20H15N3. The van der Waals surface area contributed by atoms with Crippen LogP contribution in [-0.2, 0) is 0 Å². The van der Waals surface area contributed by atoms with Crippen molar-refractivity contribution < 1.29 is 0 Å². The van der Waals surface area contributed by atoms with Crippen molar-refractivity contribution in [3.63, 3.8) is 0 Å². The van der Waals surface area contributed by atoms with Crippen LogP contribution in [0.15, 0.2) is 85.2 Å². The number of aromatic nitrogens is 3. The number of benzene rings is 2. The van der Waals surface area contributed by atoms with Gasteiger partial charge in [-0.2, -0.15) is 0 Å². The standard InChI is InChI=1S/C20H15N3/c1-3-8-15(9-4-1)18-19(16-10-5-2-6-11-16)23-20(22-18)17-12-7-13-21-14-17/h1-14H,(H,22,23). The van der Waals surface area contributed by atoms with Crippen molar-refractivity contribution >= 4 is 0 Å². The van der Waals surface area contributed by atoms with Crippen LogP contribution >= 0.6 is 0 Å². The van der Waals surface area contributed by atoms with E-state index in [-0.39, 0.29) is 0 Å². The van der Waals surface area contributed by atoms with Crippen molar-refractivity contribution in [1.29, 1.82) is 0 Å². The van der Waals surface area contributed by atoms with Gasteiger partial charge in [-0.05, 0) is 12.1 Å². The van der Waals surface area contributed by atoms with Crippen molar-refractivity contribution in [3.05, 3.63) is 85.2 Å². The van der Waals surface area contributed by atoms with Crippen molar-refractivity contribution in [2.75, 3.05) is 0 Å². The number of hydrogen-bond donors (Lipinski definition) is 1. The Hall–Kier alpha value is -3.20. The van der Waals surface area contributed by atoms with Gasteiger partial charge in [-0.3, -0.25) is 4.98 Å². The molecule has 0 saturated heterocycles. The lowest BCUT2D eigenvalue weighted by Crippen LogP contribution is -1.82. The lowest BCUT2D eigenvalue weighted by molar-refractivity contribution is 1.26. The second-order valence-electron chi connectivity index (χ2n) is 5.28. The van der Waals surface area contributed by atoms with Crippen molar-refractivity contribution in [2.45, 2.75) is 0 Å². The van der Waals surface area contributed by atoms with E-state index in [0.717, 1.165) is 33.9 Å². The Morgan fingerprint density at radius 3 is 1.96 bits per heavy atom. The molecule has 0 amide bonds. The smallest absolute Gasteiger partial charge is 0.140 e. The Balaban J connectivity index is 1.91. The van der Waals surface area contributed by atoms with E-state index in [1.807, 2.05) is 54.7 Å². The fraction of sp³-hybridized carbons (Fsp3) is 0. The first-order valence-corrected chi connectivity index (χ1v) is 7.53. The second kappa shape index (κ2) is 5.89. The zero-order chi connectivity index (χ0) is 15.5. The Morgan fingerprint density at radius 2 is 1.30 bits per heavy atom. The van der Waals surface area contributed by atoms with Gasteiger partial charge in [0.25, 0.3) is 0 Å². The van der Waals surface area contributed by atoms with Gasteiger partial charge >= 0.3 is 0 Å². The molecule has 2 heterocycles. The zero-order valence-corrected chi connectivity index (χ0v) is 12.5. The minimum atomic E-state index is 0.829. The third-order valence-corrected chi connectivity index (χ3v) is 3.75. The molecule has 0 aliphatic carbocycles. The largest absolute Gasteiger partial charge is 0.337 e. The molecule has 110 valence electrons. The van der Waals surface area contributed by atoms with E-state index in [2.05, 4.69) is 34.2 Å². The first-order valence-electron chi connectivity index (χ1n) is 7.53. The Bertz CT molecular complexity index is 841. The van der Waals surface area contributed by atoms with Gasteiger partial charge in [0, 0.05) is 29.1 Å². The lowest BCUT2D eigenvalue weighted by Gasteiger charge is -2.02. The summed E-state index contributed by atoms with van der Waals surface area (Å²) in [5.74, 6) is 0.829. The number of nitrogens with zero attached hydrogens (tertiary/aromatic N) is 2. The quantitative estimate of drug-likeness (QED) is 0.590. The topological polar surface area (TPSA) is 41.6 Å². The van der Waals surface area contributed by atoms with E-state index in [4.69, 9.17) is 4.98 Å². The highest BCUT2D eigenvalue weighted by atomic mass is 14.9. The molecule has 0 unspecified atom stereocenters. The zero-order valence-electron chi connectivity index (χ0n) is 12.5. The molecule has 0 spiro atoms. The third-order valence-electron chi connectivity index (χ3n) is 3.75. The SMILES string of the molecule is c1ccc(-c2nc(-c3cccnc3)[nH]c2-c2ccccc2)cc1. The molecule has 3 heteroatoms. The maximum Gasteiger partial charge on any atom is 0.140 e. The van der Waals surface area contributed by atoms with E-state index in [9.17, 15) is 0 Å². The fourth-order valence-corrected chi connectivity index (χ4v) is 2.63. The first-order chi connectivity index (χ1) is 11.4. The van der Waals surface area contributed by atoms with Gasteiger partial charge in [0.05, 0.1) is 11.4 Å². The first kappa shape index (κ1) is 13.5. The third kappa shape index (κ3) is 2.64. The normalized spacial score (nSPS) is 10.6. The van der Waals surface area contributed by atoms with Crippen molar-refractivity contribution in [1.82, 2.24) is 15.0 Å². The number of imidazole rings is 1. The number of nitrogens with one attached hydrogen (secondary N) is 1. The molecule has 0 bridgehead atoms. The summed E-state index contributed by atoms with van der Waals surface area (Å²) in [5.41, 5.74) is 5.17. The van der Waals surface area contributed by atoms with Gasteiger partial charge in [0.2, 0.25) is 0 Å². The molecule has 2 aromatic heterocycles. The van der Waals surface area contributed by atoms with Crippen molar-refractivity contribution in [3.8, 4) is 33.9 Å². The molecule has 1 N–H and O–H groups in total. The van der Waals surface area contributed by atoms with Gasteiger partial charge in [-0.25, -0.2) is 4.98 Å². The maximum absolute atomic E-state index is 4.83. The molecule has 0 saturated carbocycles. The second-order valence-corrected chi connectivity index (χ2v) is 5.28. The average molecular weight is 297 g/mol. The molecule has 4 aromatic rings. The molecule has 0 atom stereocenters. The number of hydrogen-bond acceptors (Lipinski definition) is 2. The van der Waals surface area contributed by atoms with Gasteiger partial charge in [0.15, 0.2) is 0 Å². The number of aromatic amines is 1. The van der Waals surface area contributed by atoms with Crippen LogP contribution in [0.4, 0.5) is 0 Å². The Kier molecular flexibility index (Phi) is 3.45. The van der Waals surface area contributed by atoms with E-state index in [1.165, 1.54) is 0 Å². The van der Waals surface area contributed by atoms with Crippen LogP contribution in [0, 0.1) is 0 Å². The van der Waals surface area contributed by atoms with E-state index in [1.54, 1.807) is 6.20 Å². The van der Waals surface area contributed by atoms with Crippen LogP contribution in [0.5, 0.6) is 0 Å². The summed E-state index contributed by atoms with van der Waals surface area (Å²) in [4.78, 5) is 12.5. The molecule has 0 aliphatic heterocycles. The highest BCUT2D eigenvalue weighted by Crippen LogP contribution is 2.32. The van der Waals surface area contributed by atoms with Gasteiger partial charge in [-0.1, -0.05) is 60.7 Å². The highest BCUT2D eigenvalue weighted by molar-refractivity contribution is 5.81. The van der Waals surface area contributed by atoms with E-state index < -0.39 is 0 Å². The monoisotopic (exact) mass is 297 g/mol. The average Bonchev–Trinajstić information content (AvgIpc) is 3.09. The molecule has 0 fully saturated rings. The van der Waals surface area contributed by atoms with Crippen LogP contribution in [-0.4, -0.2) is 15.0 Å². The summed E-state index contributed by atoms with van der Waals surface area (Å²) < 4.78 is 0. The molecule has 2 aromatic carbocycles. The molecule has 23 heavy (non-hydrogen) atoms. The van der Waals surface area contributed by atoms with Crippen LogP contribution in [0.1, 0.15) is 0 Å². The molecular weight excluding hydrogens is 282 g/mol. The van der Waals surface area contributed by atoms with E-state index in [0.29, 0.717) is 0 Å².